The Balaban J connectivity index is 1.54. The minimum Gasteiger partial charge on any atom is -0.497 e. The molecule has 1 aliphatic heterocycles. The summed E-state index contributed by atoms with van der Waals surface area (Å²) in [7, 11) is 1.67. The molecule has 39 heavy (non-hydrogen) atoms. The molecular formula is C29H37N7O3. The average Bonchev–Trinajstić information content (AvgIpc) is 3.45. The van der Waals surface area contributed by atoms with Gasteiger partial charge in [0.25, 0.3) is 5.56 Å². The van der Waals surface area contributed by atoms with Crippen LogP contribution in [0.3, 0.4) is 0 Å². The van der Waals surface area contributed by atoms with E-state index in [1.165, 1.54) is 0 Å². The van der Waals surface area contributed by atoms with Gasteiger partial charge in [0, 0.05) is 48.3 Å². The first-order valence-corrected chi connectivity index (χ1v) is 13.6. The Hall–Kier alpha value is -3.92. The minimum absolute atomic E-state index is 0.141. The lowest BCUT2D eigenvalue weighted by atomic mass is 9.98. The number of rotatable bonds is 9. The number of nitrogens with one attached hydrogen (secondary N) is 1. The predicted octanol–water partition coefficient (Wildman–Crippen LogP) is 3.98. The van der Waals surface area contributed by atoms with E-state index >= 15 is 0 Å². The number of benzene rings is 2. The van der Waals surface area contributed by atoms with Crippen molar-refractivity contribution in [1.29, 1.82) is 0 Å². The van der Waals surface area contributed by atoms with E-state index in [0.717, 1.165) is 60.7 Å². The summed E-state index contributed by atoms with van der Waals surface area (Å²) >= 11 is 0. The zero-order valence-electron chi connectivity index (χ0n) is 23.3. The molecule has 206 valence electrons. The molecule has 2 aromatic heterocycles. The lowest BCUT2D eigenvalue weighted by Gasteiger charge is -2.40. The van der Waals surface area contributed by atoms with E-state index in [4.69, 9.17) is 9.47 Å². The van der Waals surface area contributed by atoms with Crippen molar-refractivity contribution in [3.8, 4) is 11.5 Å². The first-order valence-electron chi connectivity index (χ1n) is 13.6. The van der Waals surface area contributed by atoms with Gasteiger partial charge in [-0.2, -0.15) is 0 Å². The molecule has 0 aliphatic carbocycles. The molecule has 0 bridgehead atoms. The smallest absolute Gasteiger partial charge is 0.253 e. The number of nitrogens with zero attached hydrogens (tertiary/aromatic N) is 6. The van der Waals surface area contributed by atoms with E-state index in [9.17, 15) is 4.79 Å². The zero-order chi connectivity index (χ0) is 27.6. The maximum atomic E-state index is 13.6. The van der Waals surface area contributed by atoms with Crippen LogP contribution >= 0.6 is 0 Å². The number of hydrogen-bond donors (Lipinski definition) is 1. The fraction of sp³-hybridized carbons (Fsp3) is 0.448. The molecule has 10 heteroatoms. The van der Waals surface area contributed by atoms with Crippen LogP contribution in [0.25, 0.3) is 10.9 Å². The highest BCUT2D eigenvalue weighted by Crippen LogP contribution is 2.32. The summed E-state index contributed by atoms with van der Waals surface area (Å²) in [5, 5.41) is 13.9. The molecule has 0 saturated carbocycles. The molecule has 0 amide bonds. The monoisotopic (exact) mass is 531 g/mol. The van der Waals surface area contributed by atoms with Crippen molar-refractivity contribution in [2.24, 2.45) is 0 Å². The Kier molecular flexibility index (Phi) is 7.56. The Morgan fingerprint density at radius 2 is 1.72 bits per heavy atom. The van der Waals surface area contributed by atoms with E-state index in [0.29, 0.717) is 18.0 Å². The average molecular weight is 532 g/mol. The largest absolute Gasteiger partial charge is 0.497 e. The van der Waals surface area contributed by atoms with Crippen molar-refractivity contribution in [3.05, 3.63) is 70.3 Å². The van der Waals surface area contributed by atoms with Gasteiger partial charge in [0.1, 0.15) is 17.5 Å². The van der Waals surface area contributed by atoms with Crippen molar-refractivity contribution in [1.82, 2.24) is 30.1 Å². The number of pyridine rings is 1. The molecular weight excluding hydrogens is 494 g/mol. The number of aromatic nitrogens is 5. The van der Waals surface area contributed by atoms with Crippen LogP contribution in [-0.2, 0) is 5.54 Å². The Labute approximate surface area is 228 Å². The maximum Gasteiger partial charge on any atom is 0.253 e. The molecule has 5 rings (SSSR count). The molecule has 0 spiro atoms. The van der Waals surface area contributed by atoms with Crippen LogP contribution in [-0.4, -0.2) is 70.0 Å². The second-order valence-corrected chi connectivity index (χ2v) is 10.5. The third kappa shape index (κ3) is 5.34. The number of methoxy groups -OCH3 is 1. The third-order valence-electron chi connectivity index (χ3n) is 7.74. The van der Waals surface area contributed by atoms with Crippen LogP contribution in [0.1, 0.15) is 51.5 Å². The van der Waals surface area contributed by atoms with Crippen LogP contribution in [0.4, 0.5) is 5.69 Å². The molecule has 1 atom stereocenters. The summed E-state index contributed by atoms with van der Waals surface area (Å²) in [4.78, 5) is 21.3. The van der Waals surface area contributed by atoms with Gasteiger partial charge in [0.05, 0.1) is 19.3 Å². The quantitative estimate of drug-likeness (QED) is 0.346. The van der Waals surface area contributed by atoms with Gasteiger partial charge in [-0.3, -0.25) is 9.69 Å². The number of tetrazole rings is 1. The summed E-state index contributed by atoms with van der Waals surface area (Å²) < 4.78 is 12.9. The van der Waals surface area contributed by atoms with Crippen molar-refractivity contribution in [2.75, 3.05) is 44.8 Å². The van der Waals surface area contributed by atoms with E-state index in [-0.39, 0.29) is 11.1 Å². The van der Waals surface area contributed by atoms with Crippen LogP contribution in [0.5, 0.6) is 11.5 Å². The van der Waals surface area contributed by atoms with E-state index in [1.54, 1.807) is 7.11 Å². The zero-order valence-corrected chi connectivity index (χ0v) is 23.3. The number of hydrogen-bond acceptors (Lipinski definition) is 8. The first kappa shape index (κ1) is 26.7. The van der Waals surface area contributed by atoms with Gasteiger partial charge in [-0.25, -0.2) is 4.68 Å². The number of aromatic amines is 1. The van der Waals surface area contributed by atoms with Crippen LogP contribution < -0.4 is 19.9 Å². The summed E-state index contributed by atoms with van der Waals surface area (Å²) in [6.07, 6.45) is 0.842. The molecule has 2 aromatic carbocycles. The molecule has 10 nitrogen and oxygen atoms in total. The minimum atomic E-state index is -0.409. The van der Waals surface area contributed by atoms with Gasteiger partial charge >= 0.3 is 0 Å². The fourth-order valence-corrected chi connectivity index (χ4v) is 5.14. The van der Waals surface area contributed by atoms with Gasteiger partial charge in [0.15, 0.2) is 5.82 Å². The molecule has 0 radical (unpaired) electrons. The summed E-state index contributed by atoms with van der Waals surface area (Å²) in [5.74, 6) is 2.28. The summed E-state index contributed by atoms with van der Waals surface area (Å²) in [6.45, 7) is 12.0. The standard InChI is InChI=1S/C29H37N7O3/c1-6-29(3,4)36-27(31-32-33-36)26(24-19-20-18-23(39-7-2)12-13-25(20)30-28(24)37)35-16-14-34(15-17-35)21-8-10-22(38-5)11-9-21/h8-13,18-19,26H,6-7,14-17H2,1-5H3,(H,30,37). The first-order chi connectivity index (χ1) is 18.8. The lowest BCUT2D eigenvalue weighted by Crippen LogP contribution is -2.49. The normalized spacial score (nSPS) is 15.5. The van der Waals surface area contributed by atoms with Crippen molar-refractivity contribution in [2.45, 2.75) is 45.7 Å². The molecule has 1 N–H and O–H groups in total. The van der Waals surface area contributed by atoms with Gasteiger partial charge < -0.3 is 19.4 Å². The Bertz CT molecular complexity index is 1470. The summed E-state index contributed by atoms with van der Waals surface area (Å²) in [5.41, 5.74) is 2.09. The summed E-state index contributed by atoms with van der Waals surface area (Å²) in [6, 6.07) is 15.4. The highest BCUT2D eigenvalue weighted by molar-refractivity contribution is 5.80. The fourth-order valence-electron chi connectivity index (χ4n) is 5.14. The molecule has 1 aliphatic rings. The van der Waals surface area contributed by atoms with Crippen molar-refractivity contribution < 1.29 is 9.47 Å². The van der Waals surface area contributed by atoms with Gasteiger partial charge in [0.2, 0.25) is 0 Å². The Morgan fingerprint density at radius 1 is 1.00 bits per heavy atom. The number of anilines is 1. The Morgan fingerprint density at radius 3 is 2.38 bits per heavy atom. The highest BCUT2D eigenvalue weighted by Gasteiger charge is 2.35. The predicted molar refractivity (Wildman–Crippen MR) is 152 cm³/mol. The lowest BCUT2D eigenvalue weighted by molar-refractivity contribution is 0.186. The molecule has 4 aromatic rings. The molecule has 1 fully saturated rings. The highest BCUT2D eigenvalue weighted by atomic mass is 16.5. The third-order valence-corrected chi connectivity index (χ3v) is 7.74. The number of ether oxygens (including phenoxy) is 2. The maximum absolute atomic E-state index is 13.6. The van der Waals surface area contributed by atoms with Gasteiger partial charge in [-0.1, -0.05) is 6.92 Å². The van der Waals surface area contributed by atoms with Gasteiger partial charge in [-0.05, 0) is 86.1 Å². The SMILES string of the molecule is CCOc1ccc2[nH]c(=O)c(C(c3nnnn3C(C)(C)CC)N3CCN(c4ccc(OC)cc4)CC3)cc2c1. The number of piperazine rings is 1. The molecule has 3 heterocycles. The second-order valence-electron chi connectivity index (χ2n) is 10.5. The molecule has 1 unspecified atom stereocenters. The number of H-pyrrole nitrogens is 1. The van der Waals surface area contributed by atoms with Crippen LogP contribution in [0.15, 0.2) is 53.3 Å². The van der Waals surface area contributed by atoms with E-state index in [2.05, 4.69) is 63.2 Å². The van der Waals surface area contributed by atoms with E-state index in [1.807, 2.05) is 48.0 Å². The molecule has 1 saturated heterocycles. The van der Waals surface area contributed by atoms with Crippen molar-refractivity contribution >= 4 is 16.6 Å². The second kappa shape index (κ2) is 11.1. The van der Waals surface area contributed by atoms with Crippen LogP contribution in [0.2, 0.25) is 0 Å². The van der Waals surface area contributed by atoms with E-state index < -0.39 is 6.04 Å². The van der Waals surface area contributed by atoms with Crippen LogP contribution in [0, 0.1) is 0 Å². The van der Waals surface area contributed by atoms with Crippen molar-refractivity contribution in [3.63, 3.8) is 0 Å². The topological polar surface area (TPSA) is 101 Å². The number of fused-ring (bicyclic) bond motifs is 1. The van der Waals surface area contributed by atoms with Gasteiger partial charge in [-0.15, -0.1) is 5.10 Å².